The van der Waals surface area contributed by atoms with Crippen molar-refractivity contribution in [2.75, 3.05) is 12.4 Å². The lowest BCUT2D eigenvalue weighted by Gasteiger charge is -2.15. The summed E-state index contributed by atoms with van der Waals surface area (Å²) in [6.07, 6.45) is 7.43. The van der Waals surface area contributed by atoms with E-state index in [0.29, 0.717) is 11.8 Å². The summed E-state index contributed by atoms with van der Waals surface area (Å²) in [6, 6.07) is 0. The van der Waals surface area contributed by atoms with Gasteiger partial charge in [-0.1, -0.05) is 26.7 Å². The Bertz CT molecular complexity index is 426. The fourth-order valence-electron chi connectivity index (χ4n) is 2.68. The number of anilines is 1. The first-order valence-electron chi connectivity index (χ1n) is 7.36. The van der Waals surface area contributed by atoms with Gasteiger partial charge in [-0.05, 0) is 47.8 Å². The minimum atomic E-state index is 0.653. The number of rotatable bonds is 5. The molecule has 0 unspecified atom stereocenters. The number of nitrogens with zero attached hydrogens (tertiary/aromatic N) is 2. The van der Waals surface area contributed by atoms with Crippen molar-refractivity contribution in [3.05, 3.63) is 15.1 Å². The molecule has 0 aliphatic heterocycles. The Kier molecular flexibility index (Phi) is 5.42. The van der Waals surface area contributed by atoms with Gasteiger partial charge in [0.2, 0.25) is 0 Å². The van der Waals surface area contributed by atoms with E-state index < -0.39 is 0 Å². The van der Waals surface area contributed by atoms with Gasteiger partial charge >= 0.3 is 0 Å². The van der Waals surface area contributed by atoms with Crippen LogP contribution in [-0.4, -0.2) is 17.0 Å². The quantitative estimate of drug-likeness (QED) is 0.779. The van der Waals surface area contributed by atoms with E-state index in [1.54, 1.807) is 0 Å². The standard InChI is InChI=1S/C15H24IN3/c1-10(2)8-9-12-18-14(11-6-4-5-7-11)13(16)15(17-3)19-12/h10-11H,4-9H2,1-3H3,(H,17,18,19). The molecule has 3 nitrogen and oxygen atoms in total. The molecule has 1 N–H and O–H groups in total. The fraction of sp³-hybridized carbons (Fsp3) is 0.733. The smallest absolute Gasteiger partial charge is 0.143 e. The third-order valence-corrected chi connectivity index (χ3v) is 4.91. The molecule has 106 valence electrons. The number of hydrogen-bond acceptors (Lipinski definition) is 3. The molecule has 4 heteroatoms. The molecule has 0 spiro atoms. The average molecular weight is 373 g/mol. The second-order valence-corrected chi connectivity index (χ2v) is 6.93. The first-order chi connectivity index (χ1) is 9.11. The van der Waals surface area contributed by atoms with Gasteiger partial charge in [0.1, 0.15) is 11.6 Å². The van der Waals surface area contributed by atoms with Gasteiger partial charge in [-0.25, -0.2) is 9.97 Å². The van der Waals surface area contributed by atoms with Crippen LogP contribution in [-0.2, 0) is 6.42 Å². The van der Waals surface area contributed by atoms with Crippen LogP contribution < -0.4 is 5.32 Å². The summed E-state index contributed by atoms with van der Waals surface area (Å²) in [7, 11) is 1.95. The van der Waals surface area contributed by atoms with Crippen LogP contribution in [0.3, 0.4) is 0 Å². The molecule has 0 saturated heterocycles. The van der Waals surface area contributed by atoms with E-state index in [-0.39, 0.29) is 0 Å². The normalized spacial score (nSPS) is 16.3. The van der Waals surface area contributed by atoms with Crippen LogP contribution in [0.1, 0.15) is 63.4 Å². The van der Waals surface area contributed by atoms with Crippen LogP contribution in [0.2, 0.25) is 0 Å². The number of nitrogens with one attached hydrogen (secondary N) is 1. The van der Waals surface area contributed by atoms with Gasteiger partial charge in [0.05, 0.1) is 9.26 Å². The Morgan fingerprint density at radius 2 is 1.95 bits per heavy atom. The van der Waals surface area contributed by atoms with Crippen molar-refractivity contribution >= 4 is 28.4 Å². The molecule has 1 aliphatic rings. The van der Waals surface area contributed by atoms with Crippen molar-refractivity contribution in [3.63, 3.8) is 0 Å². The molecule has 1 aromatic rings. The zero-order valence-corrected chi connectivity index (χ0v) is 14.3. The maximum Gasteiger partial charge on any atom is 0.143 e. The molecule has 1 fully saturated rings. The molecular weight excluding hydrogens is 349 g/mol. The van der Waals surface area contributed by atoms with Crippen LogP contribution >= 0.6 is 22.6 Å². The Balaban J connectivity index is 2.26. The van der Waals surface area contributed by atoms with Crippen molar-refractivity contribution in [1.82, 2.24) is 9.97 Å². The Hall–Kier alpha value is -0.390. The Morgan fingerprint density at radius 1 is 1.26 bits per heavy atom. The highest BCUT2D eigenvalue weighted by atomic mass is 127. The Morgan fingerprint density at radius 3 is 2.53 bits per heavy atom. The molecule has 1 saturated carbocycles. The third-order valence-electron chi connectivity index (χ3n) is 3.85. The van der Waals surface area contributed by atoms with Crippen molar-refractivity contribution < 1.29 is 0 Å². The van der Waals surface area contributed by atoms with E-state index in [4.69, 9.17) is 4.98 Å². The lowest BCUT2D eigenvalue weighted by atomic mass is 10.0. The summed E-state index contributed by atoms with van der Waals surface area (Å²) < 4.78 is 1.22. The number of hydrogen-bond donors (Lipinski definition) is 1. The average Bonchev–Trinajstić information content (AvgIpc) is 2.91. The van der Waals surface area contributed by atoms with E-state index >= 15 is 0 Å². The number of aryl methyl sites for hydroxylation is 1. The fourth-order valence-corrected chi connectivity index (χ4v) is 3.63. The van der Waals surface area contributed by atoms with Gasteiger partial charge in [0.25, 0.3) is 0 Å². The van der Waals surface area contributed by atoms with E-state index in [1.165, 1.54) is 34.9 Å². The Labute approximate surface area is 130 Å². The molecule has 0 radical (unpaired) electrons. The van der Waals surface area contributed by atoms with Crippen molar-refractivity contribution in [2.45, 2.75) is 58.3 Å². The van der Waals surface area contributed by atoms with Gasteiger partial charge in [0.15, 0.2) is 0 Å². The first-order valence-corrected chi connectivity index (χ1v) is 8.43. The van der Waals surface area contributed by atoms with Gasteiger partial charge < -0.3 is 5.32 Å². The minimum absolute atomic E-state index is 0.653. The van der Waals surface area contributed by atoms with Gasteiger partial charge in [-0.15, -0.1) is 0 Å². The first kappa shape index (κ1) is 15.0. The summed E-state index contributed by atoms with van der Waals surface area (Å²) in [6.45, 7) is 4.51. The molecule has 0 atom stereocenters. The van der Waals surface area contributed by atoms with Crippen molar-refractivity contribution in [1.29, 1.82) is 0 Å². The summed E-state index contributed by atoms with van der Waals surface area (Å²) >= 11 is 2.40. The molecule has 1 aliphatic carbocycles. The van der Waals surface area contributed by atoms with Crippen LogP contribution in [0.5, 0.6) is 0 Å². The monoisotopic (exact) mass is 373 g/mol. The molecule has 1 heterocycles. The maximum atomic E-state index is 4.88. The summed E-state index contributed by atoms with van der Waals surface area (Å²) in [5, 5.41) is 3.23. The zero-order chi connectivity index (χ0) is 13.8. The second-order valence-electron chi connectivity index (χ2n) is 5.85. The van der Waals surface area contributed by atoms with Gasteiger partial charge in [0, 0.05) is 19.4 Å². The molecule has 0 aromatic carbocycles. The van der Waals surface area contributed by atoms with E-state index in [0.717, 1.165) is 24.5 Å². The minimum Gasteiger partial charge on any atom is -0.372 e. The summed E-state index contributed by atoms with van der Waals surface area (Å²) in [4.78, 5) is 9.54. The largest absolute Gasteiger partial charge is 0.372 e. The van der Waals surface area contributed by atoms with Gasteiger partial charge in [-0.2, -0.15) is 0 Å². The van der Waals surface area contributed by atoms with E-state index in [9.17, 15) is 0 Å². The lowest BCUT2D eigenvalue weighted by Crippen LogP contribution is -2.10. The predicted molar refractivity (Wildman–Crippen MR) is 88.7 cm³/mol. The molecule has 0 bridgehead atoms. The van der Waals surface area contributed by atoms with Gasteiger partial charge in [-0.3, -0.25) is 0 Å². The lowest BCUT2D eigenvalue weighted by molar-refractivity contribution is 0.570. The van der Waals surface area contributed by atoms with Crippen molar-refractivity contribution in [3.8, 4) is 0 Å². The number of aromatic nitrogens is 2. The molecule has 0 amide bonds. The molecule has 1 aromatic heterocycles. The summed E-state index contributed by atoms with van der Waals surface area (Å²) in [5.41, 5.74) is 1.29. The summed E-state index contributed by atoms with van der Waals surface area (Å²) in [5.74, 6) is 3.38. The molecule has 19 heavy (non-hydrogen) atoms. The zero-order valence-electron chi connectivity index (χ0n) is 12.2. The van der Waals surface area contributed by atoms with Crippen LogP contribution in [0, 0.1) is 9.49 Å². The van der Waals surface area contributed by atoms with E-state index in [2.05, 4.69) is 46.7 Å². The number of halogens is 1. The highest BCUT2D eigenvalue weighted by Gasteiger charge is 2.23. The van der Waals surface area contributed by atoms with Crippen molar-refractivity contribution in [2.24, 2.45) is 5.92 Å². The maximum absolute atomic E-state index is 4.88. The third kappa shape index (κ3) is 3.80. The SMILES string of the molecule is CNc1nc(CCC(C)C)nc(C2CCCC2)c1I. The second kappa shape index (κ2) is 6.86. The van der Waals surface area contributed by atoms with E-state index in [1.807, 2.05) is 7.05 Å². The van der Waals surface area contributed by atoms with Crippen LogP contribution in [0.4, 0.5) is 5.82 Å². The van der Waals surface area contributed by atoms with Crippen LogP contribution in [0.25, 0.3) is 0 Å². The van der Waals surface area contributed by atoms with Crippen LogP contribution in [0.15, 0.2) is 0 Å². The predicted octanol–water partition coefficient (Wildman–Crippen LogP) is 4.37. The molecular formula is C15H24IN3. The topological polar surface area (TPSA) is 37.8 Å². The highest BCUT2D eigenvalue weighted by Crippen LogP contribution is 2.36. The molecule has 2 rings (SSSR count). The highest BCUT2D eigenvalue weighted by molar-refractivity contribution is 14.1.